The molecule has 1 fully saturated rings. The number of benzene rings is 1. The molecule has 1 aliphatic heterocycles. The third-order valence-corrected chi connectivity index (χ3v) is 9.09. The number of aliphatic hydroxyl groups excluding tert-OH is 1. The van der Waals surface area contributed by atoms with Crippen LogP contribution >= 0.6 is 0 Å². The fourth-order valence-electron chi connectivity index (χ4n) is 5.94. The molecule has 1 aromatic carbocycles. The number of carbonyl (C=O) groups is 7. The Kier molecular flexibility index (Phi) is 15.2. The Morgan fingerprint density at radius 3 is 2.13 bits per heavy atom. The van der Waals surface area contributed by atoms with Crippen molar-refractivity contribution >= 4 is 41.4 Å². The van der Waals surface area contributed by atoms with Crippen molar-refractivity contribution in [3.63, 3.8) is 0 Å². The van der Waals surface area contributed by atoms with E-state index in [-0.39, 0.29) is 36.9 Å². The summed E-state index contributed by atoms with van der Waals surface area (Å²) in [4.78, 5) is 96.4. The molecule has 1 aliphatic rings. The summed E-state index contributed by atoms with van der Waals surface area (Å²) in [7, 11) is 0. The number of hydrogen-bond donors (Lipinski definition) is 7. The quantitative estimate of drug-likeness (QED) is 0.102. The molecule has 0 aliphatic carbocycles. The number of likely N-dealkylation sites (tertiary alicyclic amines) is 1. The molecule has 3 rings (SSSR count). The number of amides is 7. The summed E-state index contributed by atoms with van der Waals surface area (Å²) in [6.07, 6.45) is 0.0714. The van der Waals surface area contributed by atoms with Crippen molar-refractivity contribution < 1.29 is 38.7 Å². The van der Waals surface area contributed by atoms with E-state index in [2.05, 4.69) is 26.3 Å². The molecule has 282 valence electrons. The van der Waals surface area contributed by atoms with Gasteiger partial charge < -0.3 is 42.7 Å². The Balaban J connectivity index is 1.83. The number of primary amides is 2. The summed E-state index contributed by atoms with van der Waals surface area (Å²) in [5.41, 5.74) is 11.5. The molecule has 1 aromatic heterocycles. The number of nitrogens with zero attached hydrogens (tertiary/aromatic N) is 2. The average molecular weight is 723 g/mol. The minimum Gasteiger partial charge on any atom is -0.381 e. The van der Waals surface area contributed by atoms with Crippen LogP contribution in [-0.4, -0.2) is 99.2 Å². The number of carbonyl (C=O) groups excluding carboxylic acids is 7. The molecular formula is C36H50N8O8. The minimum absolute atomic E-state index is 0.0140. The van der Waals surface area contributed by atoms with E-state index in [0.29, 0.717) is 18.4 Å². The monoisotopic (exact) mass is 722 g/mol. The van der Waals surface area contributed by atoms with Crippen molar-refractivity contribution in [3.8, 4) is 0 Å². The van der Waals surface area contributed by atoms with Crippen molar-refractivity contribution in [3.05, 3.63) is 66.0 Å². The molecule has 2 aromatic rings. The minimum atomic E-state index is -1.87. The summed E-state index contributed by atoms with van der Waals surface area (Å²) in [6.45, 7) is 7.17. The van der Waals surface area contributed by atoms with Crippen LogP contribution in [0.2, 0.25) is 0 Å². The Morgan fingerprint density at radius 2 is 1.56 bits per heavy atom. The molecule has 7 amide bonds. The van der Waals surface area contributed by atoms with E-state index in [0.717, 1.165) is 0 Å². The van der Waals surface area contributed by atoms with Gasteiger partial charge in [-0.3, -0.25) is 38.5 Å². The summed E-state index contributed by atoms with van der Waals surface area (Å²) < 4.78 is 0. The molecule has 52 heavy (non-hydrogen) atoms. The first-order valence-corrected chi connectivity index (χ1v) is 17.4. The number of hydrogen-bond acceptors (Lipinski definition) is 9. The fraction of sp³-hybridized carbons (Fsp3) is 0.500. The van der Waals surface area contributed by atoms with Crippen LogP contribution in [0.25, 0.3) is 0 Å². The highest BCUT2D eigenvalue weighted by Gasteiger charge is 2.42. The smallest absolute Gasteiger partial charge is 0.270 e. The number of nitrogens with two attached hydrogens (primary N) is 2. The van der Waals surface area contributed by atoms with Crippen LogP contribution in [0.3, 0.4) is 0 Å². The maximum Gasteiger partial charge on any atom is 0.270 e. The van der Waals surface area contributed by atoms with Gasteiger partial charge in [0.05, 0.1) is 12.5 Å². The highest BCUT2D eigenvalue weighted by Crippen LogP contribution is 2.22. The van der Waals surface area contributed by atoms with Gasteiger partial charge in [-0.1, -0.05) is 70.5 Å². The first kappa shape index (κ1) is 41.0. The topological polar surface area (TPSA) is 256 Å². The molecule has 0 spiro atoms. The molecule has 16 nitrogen and oxygen atoms in total. The van der Waals surface area contributed by atoms with Crippen LogP contribution in [-0.2, 0) is 35.2 Å². The number of aromatic nitrogens is 1. The van der Waals surface area contributed by atoms with Crippen molar-refractivity contribution in [2.45, 2.75) is 96.1 Å². The van der Waals surface area contributed by atoms with Crippen molar-refractivity contribution in [1.82, 2.24) is 31.2 Å². The van der Waals surface area contributed by atoms with E-state index in [1.54, 1.807) is 63.2 Å². The molecule has 0 radical (unpaired) electrons. The van der Waals surface area contributed by atoms with Crippen LogP contribution in [0.15, 0.2) is 54.7 Å². The van der Waals surface area contributed by atoms with E-state index in [1.165, 1.54) is 17.2 Å². The highest BCUT2D eigenvalue weighted by molar-refractivity contribution is 5.98. The lowest BCUT2D eigenvalue weighted by Crippen LogP contribution is -2.60. The van der Waals surface area contributed by atoms with Gasteiger partial charge in [0.2, 0.25) is 29.5 Å². The van der Waals surface area contributed by atoms with Gasteiger partial charge in [0.25, 0.3) is 11.8 Å². The van der Waals surface area contributed by atoms with E-state index >= 15 is 0 Å². The fourth-order valence-corrected chi connectivity index (χ4v) is 5.94. The van der Waals surface area contributed by atoms with E-state index in [4.69, 9.17) is 11.5 Å². The van der Waals surface area contributed by atoms with Gasteiger partial charge in [0, 0.05) is 12.7 Å². The number of pyridine rings is 1. The largest absolute Gasteiger partial charge is 0.381 e. The van der Waals surface area contributed by atoms with Crippen LogP contribution in [0.4, 0.5) is 0 Å². The average Bonchev–Trinajstić information content (AvgIpc) is 3.62. The van der Waals surface area contributed by atoms with Gasteiger partial charge in [0.15, 0.2) is 6.10 Å². The molecule has 9 N–H and O–H groups in total. The summed E-state index contributed by atoms with van der Waals surface area (Å²) in [6, 6.07) is 7.50. The summed E-state index contributed by atoms with van der Waals surface area (Å²) in [5, 5.41) is 22.0. The molecular weight excluding hydrogens is 672 g/mol. The van der Waals surface area contributed by atoms with Crippen molar-refractivity contribution in [2.75, 3.05) is 6.54 Å². The lowest BCUT2D eigenvalue weighted by Gasteiger charge is -2.32. The third-order valence-electron chi connectivity index (χ3n) is 9.09. The number of rotatable bonds is 18. The summed E-state index contributed by atoms with van der Waals surface area (Å²) >= 11 is 0. The third kappa shape index (κ3) is 11.3. The van der Waals surface area contributed by atoms with Gasteiger partial charge in [-0.25, -0.2) is 0 Å². The Morgan fingerprint density at radius 1 is 0.885 bits per heavy atom. The Labute approximate surface area is 302 Å². The number of nitrogens with one attached hydrogen (secondary N) is 4. The van der Waals surface area contributed by atoms with Gasteiger partial charge in [0.1, 0.15) is 29.9 Å². The zero-order valence-electron chi connectivity index (χ0n) is 29.9. The molecule has 1 saturated heterocycles. The predicted octanol–water partition coefficient (Wildman–Crippen LogP) is -0.708. The first-order valence-electron chi connectivity index (χ1n) is 17.4. The van der Waals surface area contributed by atoms with Crippen LogP contribution in [0.1, 0.15) is 69.4 Å². The zero-order chi connectivity index (χ0) is 38.5. The van der Waals surface area contributed by atoms with Gasteiger partial charge >= 0.3 is 0 Å². The molecule has 0 unspecified atom stereocenters. The second-order valence-corrected chi connectivity index (χ2v) is 13.4. The van der Waals surface area contributed by atoms with Gasteiger partial charge in [-0.15, -0.1) is 0 Å². The standard InChI is InChI=1S/C36H50N8O8/c1-5-21(4)29(35(51)42-28(20(2)3)31(38)47)43-34(50)26-15-11-17-44(26)36(52)30(46)24(18-22-12-7-6-8-13-22)40-33(49)25(19-27(37)45)41-32(48)23-14-9-10-16-39-23/h6-10,12-14,16,20-21,24-26,28-30,46H,5,11,15,17-19H2,1-4H3,(H2,37,45)(H2,38,47)(H,40,49)(H,41,48)(H,42,51)(H,43,50)/t21-,24+,25+,26+,28+,29+,30+/m1/s1. The summed E-state index contributed by atoms with van der Waals surface area (Å²) in [5.74, 6) is -5.95. The number of aliphatic hydroxyl groups is 1. The van der Waals surface area contributed by atoms with Gasteiger partial charge in [-0.2, -0.15) is 0 Å². The second-order valence-electron chi connectivity index (χ2n) is 13.4. The molecule has 2 heterocycles. The van der Waals surface area contributed by atoms with E-state index in [9.17, 15) is 38.7 Å². The molecule has 16 heteroatoms. The maximum atomic E-state index is 14.0. The van der Waals surface area contributed by atoms with E-state index in [1.807, 2.05) is 6.92 Å². The maximum absolute atomic E-state index is 14.0. The molecule has 7 atom stereocenters. The first-order chi connectivity index (χ1) is 24.6. The van der Waals surface area contributed by atoms with Crippen molar-refractivity contribution in [2.24, 2.45) is 23.3 Å². The highest BCUT2D eigenvalue weighted by atomic mass is 16.3. The predicted molar refractivity (Wildman–Crippen MR) is 189 cm³/mol. The SMILES string of the molecule is CC[C@@H](C)[C@H](NC(=O)[C@@H]1CCCN1C(=O)[C@@H](O)[C@H](Cc1ccccc1)NC(=O)[C@H](CC(N)=O)NC(=O)c1ccccn1)C(=O)N[C@H](C(N)=O)C(C)C. The van der Waals surface area contributed by atoms with Crippen molar-refractivity contribution in [1.29, 1.82) is 0 Å². The molecule has 0 saturated carbocycles. The van der Waals surface area contributed by atoms with Crippen LogP contribution in [0.5, 0.6) is 0 Å². The normalized spacial score (nSPS) is 17.5. The van der Waals surface area contributed by atoms with E-state index < -0.39 is 84.1 Å². The van der Waals surface area contributed by atoms with Crippen LogP contribution < -0.4 is 32.7 Å². The van der Waals surface area contributed by atoms with Crippen LogP contribution in [0, 0.1) is 11.8 Å². The Bertz CT molecular complexity index is 1570. The second kappa shape index (κ2) is 19.3. The lowest BCUT2D eigenvalue weighted by molar-refractivity contribution is -0.147. The molecule has 0 bridgehead atoms. The van der Waals surface area contributed by atoms with Gasteiger partial charge in [-0.05, 0) is 48.8 Å². The lowest BCUT2D eigenvalue weighted by atomic mass is 9.96. The zero-order valence-corrected chi connectivity index (χ0v) is 29.9. The Hall–Kier alpha value is -5.38.